The molecule has 0 heterocycles. The van der Waals surface area contributed by atoms with E-state index in [4.69, 9.17) is 18.0 Å². The van der Waals surface area contributed by atoms with Crippen LogP contribution in [0.3, 0.4) is 0 Å². The van der Waals surface area contributed by atoms with E-state index in [0.29, 0.717) is 11.8 Å². The van der Waals surface area contributed by atoms with Gasteiger partial charge in [-0.2, -0.15) is 11.8 Å². The van der Waals surface area contributed by atoms with E-state index in [-0.39, 0.29) is 0 Å². The van der Waals surface area contributed by atoms with E-state index in [1.54, 1.807) is 0 Å². The molecule has 0 radical (unpaired) electrons. The minimum atomic E-state index is 0.559. The normalized spacial score (nSPS) is 12.1. The molecule has 86 valence electrons. The lowest BCUT2D eigenvalue weighted by Crippen LogP contribution is -2.22. The average molecular weight is 254 g/mol. The topological polar surface area (TPSA) is 12.0 Å². The summed E-state index contributed by atoms with van der Waals surface area (Å²) >= 11 is 7.73. The molecule has 1 atom stereocenters. The molecule has 0 saturated carbocycles. The van der Waals surface area contributed by atoms with Gasteiger partial charge in [-0.15, -0.1) is 6.42 Å². The second kappa shape index (κ2) is 7.62. The SMILES string of the molecule is C#CCNCC(C)SCc1ccc(Cl)cc1. The molecule has 0 spiro atoms. The molecule has 0 fully saturated rings. The van der Waals surface area contributed by atoms with Gasteiger partial charge in [0.2, 0.25) is 0 Å². The van der Waals surface area contributed by atoms with Gasteiger partial charge in [-0.05, 0) is 17.7 Å². The van der Waals surface area contributed by atoms with Gasteiger partial charge in [-0.3, -0.25) is 0 Å². The summed E-state index contributed by atoms with van der Waals surface area (Å²) in [5.41, 5.74) is 1.30. The summed E-state index contributed by atoms with van der Waals surface area (Å²) in [4.78, 5) is 0. The van der Waals surface area contributed by atoms with Gasteiger partial charge in [0.1, 0.15) is 0 Å². The minimum absolute atomic E-state index is 0.559. The maximum atomic E-state index is 5.82. The summed E-state index contributed by atoms with van der Waals surface area (Å²) in [6.45, 7) is 3.79. The summed E-state index contributed by atoms with van der Waals surface area (Å²) in [5.74, 6) is 3.58. The second-order valence-corrected chi connectivity index (χ2v) is 5.45. The Morgan fingerprint density at radius 2 is 2.12 bits per heavy atom. The third-order valence-electron chi connectivity index (χ3n) is 2.11. The van der Waals surface area contributed by atoms with Crippen molar-refractivity contribution in [2.45, 2.75) is 17.9 Å². The van der Waals surface area contributed by atoms with Crippen LogP contribution in [-0.2, 0) is 5.75 Å². The Labute approximate surface area is 107 Å². The highest BCUT2D eigenvalue weighted by Gasteiger charge is 2.02. The highest BCUT2D eigenvalue weighted by Crippen LogP contribution is 2.18. The molecule has 0 saturated heterocycles. The lowest BCUT2D eigenvalue weighted by atomic mass is 10.2. The smallest absolute Gasteiger partial charge is 0.0574 e. The lowest BCUT2D eigenvalue weighted by molar-refractivity contribution is 0.748. The Kier molecular flexibility index (Phi) is 6.40. The summed E-state index contributed by atoms with van der Waals surface area (Å²) in [6.07, 6.45) is 5.16. The molecule has 0 aliphatic heterocycles. The Morgan fingerprint density at radius 3 is 2.75 bits per heavy atom. The molecule has 0 aliphatic carbocycles. The first-order chi connectivity index (χ1) is 7.72. The summed E-state index contributed by atoms with van der Waals surface area (Å²) < 4.78 is 0. The molecular formula is C13H16ClNS. The van der Waals surface area contributed by atoms with Crippen molar-refractivity contribution in [3.05, 3.63) is 34.9 Å². The largest absolute Gasteiger partial charge is 0.305 e. The first-order valence-corrected chi connectivity index (χ1v) is 6.65. The molecule has 0 amide bonds. The van der Waals surface area contributed by atoms with Crippen molar-refractivity contribution >= 4 is 23.4 Å². The van der Waals surface area contributed by atoms with Crippen LogP contribution in [0.15, 0.2) is 24.3 Å². The third-order valence-corrected chi connectivity index (χ3v) is 3.59. The van der Waals surface area contributed by atoms with Crippen molar-refractivity contribution in [2.75, 3.05) is 13.1 Å². The number of halogens is 1. The maximum absolute atomic E-state index is 5.82. The Hall–Kier alpha value is -0.620. The molecule has 1 N–H and O–H groups in total. The van der Waals surface area contributed by atoms with Gasteiger partial charge < -0.3 is 5.32 Å². The Bertz CT molecular complexity index is 342. The number of hydrogen-bond acceptors (Lipinski definition) is 2. The average Bonchev–Trinajstić information content (AvgIpc) is 2.29. The summed E-state index contributed by atoms with van der Waals surface area (Å²) in [7, 11) is 0. The first kappa shape index (κ1) is 13.4. The molecule has 16 heavy (non-hydrogen) atoms. The molecule has 1 unspecified atom stereocenters. The van der Waals surface area contributed by atoms with Gasteiger partial charge >= 0.3 is 0 Å². The van der Waals surface area contributed by atoms with Gasteiger partial charge in [0.15, 0.2) is 0 Å². The molecule has 1 aromatic rings. The molecule has 0 bridgehead atoms. The lowest BCUT2D eigenvalue weighted by Gasteiger charge is -2.11. The number of thioether (sulfide) groups is 1. The molecule has 0 aromatic heterocycles. The number of hydrogen-bond donors (Lipinski definition) is 1. The summed E-state index contributed by atoms with van der Waals surface area (Å²) in [6, 6.07) is 7.99. The number of nitrogens with one attached hydrogen (secondary N) is 1. The zero-order valence-corrected chi connectivity index (χ0v) is 10.9. The Balaban J connectivity index is 2.23. The van der Waals surface area contributed by atoms with E-state index in [2.05, 4.69) is 30.3 Å². The van der Waals surface area contributed by atoms with Crippen LogP contribution in [0.1, 0.15) is 12.5 Å². The predicted octanol–water partition coefficient (Wildman–Crippen LogP) is 3.18. The molecular weight excluding hydrogens is 238 g/mol. The van der Waals surface area contributed by atoms with Gasteiger partial charge in [0.25, 0.3) is 0 Å². The van der Waals surface area contributed by atoms with Crippen molar-refractivity contribution < 1.29 is 0 Å². The number of benzene rings is 1. The molecule has 0 aliphatic rings. The molecule has 3 heteroatoms. The van der Waals surface area contributed by atoms with Gasteiger partial charge in [0, 0.05) is 22.6 Å². The summed E-state index contributed by atoms with van der Waals surface area (Å²) in [5, 5.41) is 4.55. The van der Waals surface area contributed by atoms with Crippen molar-refractivity contribution in [3.63, 3.8) is 0 Å². The van der Waals surface area contributed by atoms with Crippen LogP contribution in [0.5, 0.6) is 0 Å². The maximum Gasteiger partial charge on any atom is 0.0574 e. The molecule has 1 nitrogen and oxygen atoms in total. The predicted molar refractivity (Wildman–Crippen MR) is 73.9 cm³/mol. The van der Waals surface area contributed by atoms with Crippen molar-refractivity contribution in [1.29, 1.82) is 0 Å². The quantitative estimate of drug-likeness (QED) is 0.617. The fourth-order valence-electron chi connectivity index (χ4n) is 1.23. The van der Waals surface area contributed by atoms with Crippen LogP contribution in [0.25, 0.3) is 0 Å². The fourth-order valence-corrected chi connectivity index (χ4v) is 2.26. The van der Waals surface area contributed by atoms with Crippen LogP contribution in [0.4, 0.5) is 0 Å². The van der Waals surface area contributed by atoms with Crippen molar-refractivity contribution in [1.82, 2.24) is 5.32 Å². The highest BCUT2D eigenvalue weighted by atomic mass is 35.5. The van der Waals surface area contributed by atoms with Crippen molar-refractivity contribution in [2.24, 2.45) is 0 Å². The van der Waals surface area contributed by atoms with E-state index in [0.717, 1.165) is 17.3 Å². The zero-order valence-electron chi connectivity index (χ0n) is 9.37. The molecule has 1 aromatic carbocycles. The van der Waals surface area contributed by atoms with Crippen LogP contribution < -0.4 is 5.32 Å². The first-order valence-electron chi connectivity index (χ1n) is 5.22. The Morgan fingerprint density at radius 1 is 1.44 bits per heavy atom. The van der Waals surface area contributed by atoms with Crippen LogP contribution in [-0.4, -0.2) is 18.3 Å². The van der Waals surface area contributed by atoms with E-state index < -0.39 is 0 Å². The van der Waals surface area contributed by atoms with E-state index in [1.165, 1.54) is 5.56 Å². The zero-order chi connectivity index (χ0) is 11.8. The van der Waals surface area contributed by atoms with Crippen LogP contribution in [0, 0.1) is 12.3 Å². The van der Waals surface area contributed by atoms with Crippen LogP contribution >= 0.6 is 23.4 Å². The second-order valence-electron chi connectivity index (χ2n) is 3.58. The number of terminal acetylenes is 1. The van der Waals surface area contributed by atoms with Gasteiger partial charge in [-0.25, -0.2) is 0 Å². The third kappa shape index (κ3) is 5.46. The number of rotatable bonds is 6. The van der Waals surface area contributed by atoms with E-state index >= 15 is 0 Å². The standard InChI is InChI=1S/C13H16ClNS/c1-3-8-15-9-11(2)16-10-12-4-6-13(14)7-5-12/h1,4-7,11,15H,8-10H2,2H3. The van der Waals surface area contributed by atoms with Crippen LogP contribution in [0.2, 0.25) is 5.02 Å². The highest BCUT2D eigenvalue weighted by molar-refractivity contribution is 7.99. The fraction of sp³-hybridized carbons (Fsp3) is 0.385. The minimum Gasteiger partial charge on any atom is -0.305 e. The molecule has 1 rings (SSSR count). The van der Waals surface area contributed by atoms with Gasteiger partial charge in [-0.1, -0.05) is 36.6 Å². The van der Waals surface area contributed by atoms with E-state index in [9.17, 15) is 0 Å². The van der Waals surface area contributed by atoms with Gasteiger partial charge in [0.05, 0.1) is 6.54 Å². The van der Waals surface area contributed by atoms with Crippen molar-refractivity contribution in [3.8, 4) is 12.3 Å². The monoisotopic (exact) mass is 253 g/mol. The van der Waals surface area contributed by atoms with E-state index in [1.807, 2.05) is 23.9 Å².